The highest BCUT2D eigenvalue weighted by atomic mass is 32.2. The minimum absolute atomic E-state index is 0.246. The second-order valence-electron chi connectivity index (χ2n) is 7.07. The summed E-state index contributed by atoms with van der Waals surface area (Å²) in [6.07, 6.45) is 3.33. The van der Waals surface area contributed by atoms with Crippen LogP contribution < -0.4 is 4.90 Å². The zero-order chi connectivity index (χ0) is 19.6. The van der Waals surface area contributed by atoms with E-state index in [1.54, 1.807) is 13.1 Å². The van der Waals surface area contributed by atoms with Gasteiger partial charge in [-0.2, -0.15) is 0 Å². The molecule has 2 aromatic rings. The molecule has 1 fully saturated rings. The van der Waals surface area contributed by atoms with Crippen molar-refractivity contribution in [2.45, 2.75) is 45.3 Å². The lowest BCUT2D eigenvalue weighted by Crippen LogP contribution is -2.53. The first-order valence-electron chi connectivity index (χ1n) is 9.66. The van der Waals surface area contributed by atoms with E-state index in [9.17, 15) is 9.00 Å². The van der Waals surface area contributed by atoms with Gasteiger partial charge in [0.1, 0.15) is 5.56 Å². The number of aryl methyl sites for hydroxylation is 1. The lowest BCUT2D eigenvalue weighted by atomic mass is 9.99. The molecule has 2 heterocycles. The van der Waals surface area contributed by atoms with E-state index in [0.29, 0.717) is 31.0 Å². The Bertz CT molecular complexity index is 877. The number of aromatic nitrogens is 1. The number of benzene rings is 1. The molecule has 0 N–H and O–H groups in total. The number of fused-ring (bicyclic) bond motifs is 1. The molecule has 1 aliphatic heterocycles. The van der Waals surface area contributed by atoms with Gasteiger partial charge < -0.3 is 9.64 Å². The summed E-state index contributed by atoms with van der Waals surface area (Å²) in [6, 6.07) is 6.03. The summed E-state index contributed by atoms with van der Waals surface area (Å²) >= 11 is 0. The Morgan fingerprint density at radius 1 is 1.30 bits per heavy atom. The van der Waals surface area contributed by atoms with E-state index in [-0.39, 0.29) is 10.7 Å². The largest absolute Gasteiger partial charge is 0.462 e. The summed E-state index contributed by atoms with van der Waals surface area (Å²) in [6.45, 7) is 9.69. The minimum Gasteiger partial charge on any atom is -0.462 e. The van der Waals surface area contributed by atoms with Crippen molar-refractivity contribution in [2.75, 3.05) is 30.3 Å². The molecule has 27 heavy (non-hydrogen) atoms. The van der Waals surface area contributed by atoms with Gasteiger partial charge in [-0.3, -0.25) is 9.19 Å². The molecule has 6 heteroatoms. The Labute approximate surface area is 163 Å². The van der Waals surface area contributed by atoms with Crippen LogP contribution in [0, 0.1) is 6.92 Å². The minimum atomic E-state index is -0.863. The molecule has 1 saturated heterocycles. The zero-order valence-electron chi connectivity index (χ0n) is 16.6. The number of esters is 1. The average Bonchev–Trinajstić information content (AvgIpc) is 2.68. The number of carbonyl (C=O) groups excluding carboxylic acids is 1. The highest BCUT2D eigenvalue weighted by Gasteiger charge is 2.40. The Morgan fingerprint density at radius 3 is 2.70 bits per heavy atom. The van der Waals surface area contributed by atoms with Crippen LogP contribution >= 0.6 is 0 Å². The molecule has 1 unspecified atom stereocenters. The van der Waals surface area contributed by atoms with Crippen LogP contribution in [0.1, 0.15) is 49.5 Å². The number of anilines is 1. The Hall–Kier alpha value is -1.95. The molecule has 5 nitrogen and oxygen atoms in total. The van der Waals surface area contributed by atoms with E-state index in [1.165, 1.54) is 0 Å². The third-order valence-electron chi connectivity index (χ3n) is 5.68. The van der Waals surface area contributed by atoms with Crippen molar-refractivity contribution < 1.29 is 13.7 Å². The van der Waals surface area contributed by atoms with Gasteiger partial charge in [0.05, 0.1) is 22.6 Å². The maximum absolute atomic E-state index is 12.8. The molecule has 146 valence electrons. The third-order valence-corrected chi connectivity index (χ3v) is 7.91. The number of rotatable bonds is 5. The first kappa shape index (κ1) is 19.8. The maximum Gasteiger partial charge on any atom is 0.341 e. The van der Waals surface area contributed by atoms with Crippen LogP contribution in [0.15, 0.2) is 24.4 Å². The van der Waals surface area contributed by atoms with Crippen LogP contribution in [0.2, 0.25) is 0 Å². The molecule has 1 aromatic carbocycles. The quantitative estimate of drug-likeness (QED) is 0.728. The van der Waals surface area contributed by atoms with Crippen LogP contribution in [0.3, 0.4) is 0 Å². The first-order chi connectivity index (χ1) is 13.0. The van der Waals surface area contributed by atoms with Gasteiger partial charge in [-0.1, -0.05) is 32.0 Å². The van der Waals surface area contributed by atoms with Crippen molar-refractivity contribution in [2.24, 2.45) is 0 Å². The smallest absolute Gasteiger partial charge is 0.341 e. The SMILES string of the molecule is CCOC(=O)c1cnc2c(C)cccc2c1N1CCS(=O)C(CC)(CC)C1. The van der Waals surface area contributed by atoms with E-state index in [4.69, 9.17) is 4.74 Å². The molecule has 0 saturated carbocycles. The second-order valence-corrected chi connectivity index (χ2v) is 9.04. The zero-order valence-corrected chi connectivity index (χ0v) is 17.4. The maximum atomic E-state index is 12.8. The summed E-state index contributed by atoms with van der Waals surface area (Å²) in [5.74, 6) is 0.258. The van der Waals surface area contributed by atoms with E-state index in [1.807, 2.05) is 25.1 Å². The summed E-state index contributed by atoms with van der Waals surface area (Å²) in [7, 11) is -0.863. The fraction of sp³-hybridized carbons (Fsp3) is 0.524. The fourth-order valence-electron chi connectivity index (χ4n) is 3.95. The molecule has 1 aromatic heterocycles. The van der Waals surface area contributed by atoms with Crippen molar-refractivity contribution in [3.05, 3.63) is 35.5 Å². The van der Waals surface area contributed by atoms with Gasteiger partial charge >= 0.3 is 5.97 Å². The van der Waals surface area contributed by atoms with Crippen molar-refractivity contribution in [1.82, 2.24) is 4.98 Å². The Kier molecular flexibility index (Phi) is 5.84. The number of para-hydroxylation sites is 1. The van der Waals surface area contributed by atoms with Crippen LogP contribution in [-0.2, 0) is 15.5 Å². The summed E-state index contributed by atoms with van der Waals surface area (Å²) in [5, 5.41) is 0.953. The van der Waals surface area contributed by atoms with Crippen LogP contribution in [0.4, 0.5) is 5.69 Å². The highest BCUT2D eigenvalue weighted by molar-refractivity contribution is 7.86. The van der Waals surface area contributed by atoms with Crippen molar-refractivity contribution in [3.63, 3.8) is 0 Å². The number of hydrogen-bond acceptors (Lipinski definition) is 5. The van der Waals surface area contributed by atoms with Gasteiger partial charge in [-0.25, -0.2) is 4.79 Å². The van der Waals surface area contributed by atoms with Crippen molar-refractivity contribution in [1.29, 1.82) is 0 Å². The van der Waals surface area contributed by atoms with E-state index < -0.39 is 10.8 Å². The third kappa shape index (κ3) is 3.47. The predicted molar refractivity (Wildman–Crippen MR) is 111 cm³/mol. The molecule has 0 amide bonds. The standard InChI is InChI=1S/C21H28N2O3S/c1-5-21(6-2)14-23(11-12-27(21)25)19-16-10-8-9-15(4)18(16)22-13-17(19)20(24)26-7-3/h8-10,13H,5-7,11-12,14H2,1-4H3. The molecule has 0 spiro atoms. The number of ether oxygens (including phenoxy) is 1. The number of pyridine rings is 1. The molecular weight excluding hydrogens is 360 g/mol. The van der Waals surface area contributed by atoms with Crippen molar-refractivity contribution >= 4 is 33.4 Å². The predicted octanol–water partition coefficient (Wildman–Crippen LogP) is 3.85. The van der Waals surface area contributed by atoms with Crippen molar-refractivity contribution in [3.8, 4) is 0 Å². The molecule has 1 atom stereocenters. The molecular formula is C21H28N2O3S. The number of carbonyl (C=O) groups is 1. The lowest BCUT2D eigenvalue weighted by molar-refractivity contribution is 0.0526. The van der Waals surface area contributed by atoms with Crippen LogP contribution in [0.5, 0.6) is 0 Å². The summed E-state index contributed by atoms with van der Waals surface area (Å²) < 4.78 is 17.8. The van der Waals surface area contributed by atoms with Gasteiger partial charge in [0.25, 0.3) is 0 Å². The Balaban J connectivity index is 2.19. The van der Waals surface area contributed by atoms with E-state index in [2.05, 4.69) is 23.7 Å². The number of nitrogens with zero attached hydrogens (tertiary/aromatic N) is 2. The van der Waals surface area contributed by atoms with Crippen LogP contribution in [-0.4, -0.2) is 45.4 Å². The van der Waals surface area contributed by atoms with Gasteiger partial charge in [-0.05, 0) is 32.3 Å². The van der Waals surface area contributed by atoms with Gasteiger partial charge in [-0.15, -0.1) is 0 Å². The second kappa shape index (κ2) is 7.97. The topological polar surface area (TPSA) is 59.5 Å². The first-order valence-corrected chi connectivity index (χ1v) is 11.0. The normalized spacial score (nSPS) is 19.3. The van der Waals surface area contributed by atoms with Gasteiger partial charge in [0, 0.05) is 41.2 Å². The molecule has 0 bridgehead atoms. The van der Waals surface area contributed by atoms with Crippen LogP contribution in [0.25, 0.3) is 10.9 Å². The summed E-state index contributed by atoms with van der Waals surface area (Å²) in [4.78, 5) is 19.4. The molecule has 3 rings (SSSR count). The lowest BCUT2D eigenvalue weighted by Gasteiger charge is -2.43. The molecule has 0 radical (unpaired) electrons. The summed E-state index contributed by atoms with van der Waals surface area (Å²) in [5.41, 5.74) is 3.32. The van der Waals surface area contributed by atoms with E-state index >= 15 is 0 Å². The molecule has 0 aliphatic carbocycles. The Morgan fingerprint density at radius 2 is 2.04 bits per heavy atom. The van der Waals surface area contributed by atoms with Gasteiger partial charge in [0.2, 0.25) is 0 Å². The monoisotopic (exact) mass is 388 g/mol. The highest BCUT2D eigenvalue weighted by Crippen LogP contribution is 2.37. The van der Waals surface area contributed by atoms with Gasteiger partial charge in [0.15, 0.2) is 0 Å². The molecule has 1 aliphatic rings. The van der Waals surface area contributed by atoms with E-state index in [0.717, 1.165) is 35.0 Å². The fourth-order valence-corrected chi connectivity index (χ4v) is 5.71. The number of hydrogen-bond donors (Lipinski definition) is 0. The average molecular weight is 389 g/mol.